The number of carbonyl (C=O) groups is 6. The summed E-state index contributed by atoms with van der Waals surface area (Å²) in [4.78, 5) is 77.5. The molecule has 8 amide bonds. The smallest absolute Gasteiger partial charge is 0.333 e. The number of barbiturate groups is 2. The van der Waals surface area contributed by atoms with Crippen LogP contribution in [0.2, 0.25) is 0 Å². The molecular weight excluding hydrogens is 781 g/mol. The normalized spacial score (nSPS) is 16.6. The summed E-state index contributed by atoms with van der Waals surface area (Å²) < 4.78 is 66.9. The molecule has 2 aromatic rings. The predicted octanol–water partition coefficient (Wildman–Crippen LogP) is 1.04. The molecule has 24 heteroatoms. The second-order valence-electron chi connectivity index (χ2n) is 12.2. The molecule has 56 heavy (non-hydrogen) atoms. The highest BCUT2D eigenvalue weighted by Crippen LogP contribution is 2.40. The number of sulfonamides is 1. The Labute approximate surface area is 323 Å². The van der Waals surface area contributed by atoms with E-state index in [0.717, 1.165) is 24.5 Å². The van der Waals surface area contributed by atoms with E-state index >= 15 is 0 Å². The Morgan fingerprint density at radius 1 is 0.696 bits per heavy atom. The number of nitrogens with zero attached hydrogens (tertiary/aromatic N) is 9. The largest absolute Gasteiger partial charge is 0.385 e. The summed E-state index contributed by atoms with van der Waals surface area (Å²) in [5, 5.41) is 15.7. The van der Waals surface area contributed by atoms with E-state index in [9.17, 15) is 45.6 Å². The van der Waals surface area contributed by atoms with Crippen LogP contribution in [0.25, 0.3) is 11.1 Å². The van der Waals surface area contributed by atoms with Crippen molar-refractivity contribution in [1.82, 2.24) is 24.3 Å². The number of urea groups is 2. The van der Waals surface area contributed by atoms with Gasteiger partial charge in [0.05, 0.1) is 22.0 Å². The van der Waals surface area contributed by atoms with Gasteiger partial charge < -0.3 is 9.47 Å². The van der Waals surface area contributed by atoms with E-state index in [-0.39, 0.29) is 67.3 Å². The Morgan fingerprint density at radius 2 is 1.14 bits per heavy atom. The zero-order valence-corrected chi connectivity index (χ0v) is 32.9. The number of methoxy groups -OCH3 is 2. The number of ether oxygens (including phenoxy) is 2. The van der Waals surface area contributed by atoms with Crippen LogP contribution in [0.5, 0.6) is 0 Å². The molecule has 4 rings (SSSR count). The number of azo groups is 2. The van der Waals surface area contributed by atoms with E-state index in [1.54, 1.807) is 0 Å². The van der Waals surface area contributed by atoms with Crippen molar-refractivity contribution in [3.63, 3.8) is 0 Å². The molecule has 0 atom stereocenters. The van der Waals surface area contributed by atoms with Gasteiger partial charge in [-0.15, -0.1) is 0 Å². The molecule has 22 nitrogen and oxygen atoms in total. The van der Waals surface area contributed by atoms with Crippen molar-refractivity contribution in [2.24, 2.45) is 20.5 Å². The first-order valence-corrected chi connectivity index (χ1v) is 19.3. The topological polar surface area (TPSA) is 267 Å². The maximum absolute atomic E-state index is 13.9. The lowest BCUT2D eigenvalue weighted by molar-refractivity contribution is -0.144. The van der Waals surface area contributed by atoms with Crippen LogP contribution >= 0.6 is 0 Å². The summed E-state index contributed by atoms with van der Waals surface area (Å²) in [5.41, 5.74) is -0.190. The van der Waals surface area contributed by atoms with Crippen LogP contribution < -0.4 is 9.03 Å². The van der Waals surface area contributed by atoms with E-state index in [1.807, 2.05) is 0 Å². The molecule has 1 N–H and O–H groups in total. The molecule has 0 unspecified atom stereocenters. The third-order valence-corrected chi connectivity index (χ3v) is 10.8. The SMILES string of the molecule is COCCCNS(=O)(=O)c1cc(N=NC2C(=O)N(C)C(=O)N(C)C2=O)ccc1-c1ccc(N=NC2C(=O)N(C)C(=O)N(C)C2=O)cc1N(CCCOC)[SH](=O)=O. The van der Waals surface area contributed by atoms with Crippen LogP contribution in [0.3, 0.4) is 0 Å². The molecule has 0 aliphatic carbocycles. The fraction of sp³-hybridized carbons (Fsp3) is 0.438. The highest BCUT2D eigenvalue weighted by molar-refractivity contribution is 7.89. The predicted molar refractivity (Wildman–Crippen MR) is 196 cm³/mol. The third-order valence-electron chi connectivity index (χ3n) is 8.52. The van der Waals surface area contributed by atoms with Gasteiger partial charge in [0.15, 0.2) is 0 Å². The zero-order valence-electron chi connectivity index (χ0n) is 31.1. The Bertz CT molecular complexity index is 2100. The number of nitrogens with one attached hydrogen (secondary N) is 1. The number of anilines is 1. The van der Waals surface area contributed by atoms with Gasteiger partial charge in [-0.1, -0.05) is 12.1 Å². The number of hydrogen-bond donors (Lipinski definition) is 2. The number of rotatable bonds is 17. The van der Waals surface area contributed by atoms with Crippen molar-refractivity contribution in [3.8, 4) is 11.1 Å². The summed E-state index contributed by atoms with van der Waals surface area (Å²) >= 11 is 0. The van der Waals surface area contributed by atoms with E-state index in [0.29, 0.717) is 19.6 Å². The van der Waals surface area contributed by atoms with Crippen molar-refractivity contribution in [1.29, 1.82) is 0 Å². The van der Waals surface area contributed by atoms with Crippen molar-refractivity contribution < 1.29 is 55.1 Å². The summed E-state index contributed by atoms with van der Waals surface area (Å²) in [6.07, 6.45) is 0.500. The average Bonchev–Trinajstić information content (AvgIpc) is 3.18. The van der Waals surface area contributed by atoms with Gasteiger partial charge >= 0.3 is 12.1 Å². The number of carbonyl (C=O) groups excluding carboxylic acids is 6. The highest BCUT2D eigenvalue weighted by Gasteiger charge is 2.44. The minimum Gasteiger partial charge on any atom is -0.385 e. The van der Waals surface area contributed by atoms with Crippen molar-refractivity contribution in [3.05, 3.63) is 36.4 Å². The number of benzene rings is 2. The number of likely N-dealkylation sites (N-methyl/N-ethyl adjacent to an activating group) is 4. The zero-order chi connectivity index (χ0) is 41.5. The molecule has 0 aromatic heterocycles. The number of hydrogen-bond acceptors (Lipinski definition) is 16. The summed E-state index contributed by atoms with van der Waals surface area (Å²) in [5.74, 6) is -3.76. The molecule has 2 heterocycles. The molecule has 0 spiro atoms. The van der Waals surface area contributed by atoms with Gasteiger partial charge in [-0.25, -0.2) is 31.1 Å². The fourth-order valence-corrected chi connectivity index (χ4v) is 7.37. The van der Waals surface area contributed by atoms with E-state index in [4.69, 9.17) is 9.47 Å². The molecular formula is C32H40N10O12S2. The summed E-state index contributed by atoms with van der Waals surface area (Å²) in [7, 11) is -0.259. The fourth-order valence-electron chi connectivity index (χ4n) is 5.41. The minimum absolute atomic E-state index is 0.0236. The molecule has 2 fully saturated rings. The van der Waals surface area contributed by atoms with Crippen LogP contribution in [0.15, 0.2) is 61.8 Å². The second-order valence-corrected chi connectivity index (χ2v) is 14.9. The first-order valence-electron chi connectivity index (χ1n) is 16.6. The quantitative estimate of drug-likeness (QED) is 0.0982. The Hall–Kier alpha value is -5.56. The lowest BCUT2D eigenvalue weighted by atomic mass is 10.0. The molecule has 0 radical (unpaired) electrons. The number of imide groups is 4. The molecule has 2 aliphatic heterocycles. The molecule has 0 saturated carbocycles. The molecule has 2 aromatic carbocycles. The lowest BCUT2D eigenvalue weighted by Gasteiger charge is -2.30. The van der Waals surface area contributed by atoms with Gasteiger partial charge in [0.25, 0.3) is 23.6 Å². The first-order chi connectivity index (χ1) is 26.5. The van der Waals surface area contributed by atoms with Gasteiger partial charge in [0.2, 0.25) is 33.0 Å². The second kappa shape index (κ2) is 18.4. The average molecular weight is 821 g/mol. The van der Waals surface area contributed by atoms with Gasteiger partial charge in [0.1, 0.15) is 0 Å². The van der Waals surface area contributed by atoms with Gasteiger partial charge in [-0.3, -0.25) is 43.1 Å². The summed E-state index contributed by atoms with van der Waals surface area (Å²) in [6, 6.07) is 2.55. The Kier molecular flexibility index (Phi) is 14.2. The van der Waals surface area contributed by atoms with Gasteiger partial charge in [0, 0.05) is 79.8 Å². The number of amides is 8. The maximum Gasteiger partial charge on any atom is 0.333 e. The lowest BCUT2D eigenvalue weighted by Crippen LogP contribution is -2.58. The highest BCUT2D eigenvalue weighted by atomic mass is 32.2. The van der Waals surface area contributed by atoms with E-state index < -0.39 is 73.6 Å². The standard InChI is InChI=1S/C32H40N10O12S2/c1-38-27(43)25(28(44)39(2)31(38)47)36-34-19-9-11-21(23(17-19)42(55(49)50)14-8-16-54-6)22-12-10-20(18-24(22)56(51,52)33-13-7-15-53-5)35-37-26-29(45)40(3)32(48)41(4)30(26)46/h9-12,17-18,25-26,33,55H,7-8,13-16H2,1-6H3. The molecule has 302 valence electrons. The number of thiol groups is 1. The first kappa shape index (κ1) is 43.2. The Morgan fingerprint density at radius 3 is 1.61 bits per heavy atom. The van der Waals surface area contributed by atoms with Gasteiger partial charge in [-0.2, -0.15) is 20.5 Å². The van der Waals surface area contributed by atoms with Gasteiger partial charge in [-0.05, 0) is 37.1 Å². The maximum atomic E-state index is 13.9. The molecule has 0 bridgehead atoms. The minimum atomic E-state index is -4.42. The third kappa shape index (κ3) is 9.27. The van der Waals surface area contributed by atoms with E-state index in [2.05, 4.69) is 25.2 Å². The van der Waals surface area contributed by atoms with Crippen LogP contribution in [0.1, 0.15) is 12.8 Å². The van der Waals surface area contributed by atoms with Crippen LogP contribution in [0, 0.1) is 0 Å². The summed E-state index contributed by atoms with van der Waals surface area (Å²) in [6.45, 7) is 0.203. The van der Waals surface area contributed by atoms with Crippen LogP contribution in [-0.4, -0.2) is 153 Å². The van der Waals surface area contributed by atoms with Crippen LogP contribution in [0.4, 0.5) is 26.7 Å². The molecule has 2 saturated heterocycles. The molecule has 2 aliphatic rings. The van der Waals surface area contributed by atoms with E-state index in [1.165, 1.54) is 58.6 Å². The van der Waals surface area contributed by atoms with Crippen molar-refractivity contribution in [2.45, 2.75) is 29.8 Å². The van der Waals surface area contributed by atoms with Crippen molar-refractivity contribution >= 4 is 73.7 Å². The Balaban J connectivity index is 1.88. The van der Waals surface area contributed by atoms with Crippen LogP contribution in [-0.2, 0) is 49.6 Å². The monoisotopic (exact) mass is 820 g/mol. The van der Waals surface area contributed by atoms with Crippen molar-refractivity contribution in [2.75, 3.05) is 73.0 Å².